The number of aromatic nitrogens is 2. The Morgan fingerprint density at radius 2 is 1.75 bits per heavy atom. The first-order valence-electron chi connectivity index (χ1n) is 9.84. The summed E-state index contributed by atoms with van der Waals surface area (Å²) in [6.45, 7) is 6.16. The number of imidazole rings is 1. The molecule has 0 saturated carbocycles. The number of aromatic amines is 1. The van der Waals surface area contributed by atoms with Gasteiger partial charge in [0.2, 0.25) is 5.91 Å². The third-order valence-electron chi connectivity index (χ3n) is 4.95. The van der Waals surface area contributed by atoms with Crippen LogP contribution in [0.4, 0.5) is 0 Å². The molecule has 3 rings (SSSR count). The molecule has 5 heteroatoms. The molecule has 2 aromatic carbocycles. The van der Waals surface area contributed by atoms with Crippen molar-refractivity contribution in [1.82, 2.24) is 15.3 Å². The van der Waals surface area contributed by atoms with Crippen LogP contribution in [0.1, 0.15) is 61.4 Å². The van der Waals surface area contributed by atoms with E-state index in [4.69, 9.17) is 0 Å². The average molecular weight is 377 g/mol. The molecule has 0 aliphatic heterocycles. The van der Waals surface area contributed by atoms with Crippen LogP contribution in [0.5, 0.6) is 0 Å². The van der Waals surface area contributed by atoms with Crippen LogP contribution < -0.4 is 5.32 Å². The van der Waals surface area contributed by atoms with E-state index in [2.05, 4.69) is 22.2 Å². The number of carbonyl (C=O) groups excluding carboxylic acids is 2. The zero-order valence-electron chi connectivity index (χ0n) is 16.7. The Morgan fingerprint density at radius 3 is 2.39 bits per heavy atom. The van der Waals surface area contributed by atoms with E-state index < -0.39 is 0 Å². The molecule has 3 aromatic rings. The highest BCUT2D eigenvalue weighted by Gasteiger charge is 2.22. The highest BCUT2D eigenvalue weighted by molar-refractivity contribution is 5.98. The van der Waals surface area contributed by atoms with E-state index in [1.807, 2.05) is 62.4 Å². The minimum atomic E-state index is -0.223. The topological polar surface area (TPSA) is 74.8 Å². The summed E-state index contributed by atoms with van der Waals surface area (Å²) in [7, 11) is 0. The van der Waals surface area contributed by atoms with Crippen molar-refractivity contribution in [3.63, 3.8) is 0 Å². The number of para-hydroxylation sites is 2. The van der Waals surface area contributed by atoms with Gasteiger partial charge in [-0.15, -0.1) is 0 Å². The van der Waals surface area contributed by atoms with Gasteiger partial charge >= 0.3 is 0 Å². The standard InChI is InChI=1S/C23H27N3O2/c1-4-16-9-11-17(12-10-16)20(27)13-14-21(28)26-22(15(2)3)23-24-18-7-5-6-8-19(18)25-23/h5-12,15,22H,4,13-14H2,1-3H3,(H,24,25)(H,26,28). The van der Waals surface area contributed by atoms with Gasteiger partial charge in [0.15, 0.2) is 5.78 Å². The van der Waals surface area contributed by atoms with Crippen molar-refractivity contribution in [2.24, 2.45) is 5.92 Å². The number of carbonyl (C=O) groups is 2. The maximum atomic E-state index is 12.5. The van der Waals surface area contributed by atoms with Gasteiger partial charge in [-0.2, -0.15) is 0 Å². The largest absolute Gasteiger partial charge is 0.346 e. The average Bonchev–Trinajstić information content (AvgIpc) is 3.13. The summed E-state index contributed by atoms with van der Waals surface area (Å²) in [6.07, 6.45) is 1.30. The summed E-state index contributed by atoms with van der Waals surface area (Å²) in [5.41, 5.74) is 3.67. The predicted octanol–water partition coefficient (Wildman–Crippen LogP) is 4.60. The molecule has 1 unspecified atom stereocenters. The Hall–Kier alpha value is -2.95. The first kappa shape index (κ1) is 19.8. The van der Waals surface area contributed by atoms with Crippen LogP contribution in [-0.4, -0.2) is 21.7 Å². The maximum absolute atomic E-state index is 12.5. The summed E-state index contributed by atoms with van der Waals surface area (Å²) < 4.78 is 0. The summed E-state index contributed by atoms with van der Waals surface area (Å²) in [5, 5.41) is 3.03. The predicted molar refractivity (Wildman–Crippen MR) is 111 cm³/mol. The lowest BCUT2D eigenvalue weighted by atomic mass is 10.0. The first-order valence-corrected chi connectivity index (χ1v) is 9.84. The number of ketones is 1. The number of aryl methyl sites for hydroxylation is 1. The third-order valence-corrected chi connectivity index (χ3v) is 4.95. The van der Waals surface area contributed by atoms with Gasteiger partial charge in [0, 0.05) is 18.4 Å². The second-order valence-electron chi connectivity index (χ2n) is 7.40. The highest BCUT2D eigenvalue weighted by atomic mass is 16.2. The van der Waals surface area contributed by atoms with E-state index in [-0.39, 0.29) is 36.5 Å². The number of nitrogens with one attached hydrogen (secondary N) is 2. The lowest BCUT2D eigenvalue weighted by molar-refractivity contribution is -0.122. The normalized spacial score (nSPS) is 12.3. The second kappa shape index (κ2) is 8.83. The Labute approximate surface area is 165 Å². The van der Waals surface area contributed by atoms with Crippen LogP contribution >= 0.6 is 0 Å². The number of benzene rings is 2. The molecule has 1 atom stereocenters. The molecule has 0 saturated heterocycles. The van der Waals surface area contributed by atoms with Gasteiger partial charge in [0.25, 0.3) is 0 Å². The van der Waals surface area contributed by atoms with E-state index in [0.717, 1.165) is 23.3 Å². The fourth-order valence-electron chi connectivity index (χ4n) is 3.21. The van der Waals surface area contributed by atoms with Crippen LogP contribution in [-0.2, 0) is 11.2 Å². The fraction of sp³-hybridized carbons (Fsp3) is 0.348. The molecule has 1 amide bonds. The zero-order valence-corrected chi connectivity index (χ0v) is 16.7. The molecule has 28 heavy (non-hydrogen) atoms. The van der Waals surface area contributed by atoms with Gasteiger partial charge in [-0.3, -0.25) is 9.59 Å². The van der Waals surface area contributed by atoms with Gasteiger partial charge in [0.05, 0.1) is 17.1 Å². The van der Waals surface area contributed by atoms with Crippen LogP contribution in [0, 0.1) is 5.92 Å². The van der Waals surface area contributed by atoms with E-state index in [9.17, 15) is 9.59 Å². The number of H-pyrrole nitrogens is 1. The van der Waals surface area contributed by atoms with E-state index in [1.54, 1.807) is 0 Å². The number of rotatable bonds is 8. The van der Waals surface area contributed by atoms with Crippen LogP contribution in [0.25, 0.3) is 11.0 Å². The van der Waals surface area contributed by atoms with Crippen molar-refractivity contribution < 1.29 is 9.59 Å². The Morgan fingerprint density at radius 1 is 1.04 bits per heavy atom. The molecule has 2 N–H and O–H groups in total. The molecule has 0 radical (unpaired) electrons. The minimum Gasteiger partial charge on any atom is -0.346 e. The van der Waals surface area contributed by atoms with E-state index in [0.29, 0.717) is 5.56 Å². The van der Waals surface area contributed by atoms with Crippen LogP contribution in [0.3, 0.4) is 0 Å². The zero-order chi connectivity index (χ0) is 20.1. The number of hydrogen-bond acceptors (Lipinski definition) is 3. The van der Waals surface area contributed by atoms with Gasteiger partial charge in [-0.05, 0) is 30.0 Å². The summed E-state index contributed by atoms with van der Waals surface area (Å²) in [4.78, 5) is 32.7. The minimum absolute atomic E-state index is 0.0114. The Balaban J connectivity index is 1.61. The molecule has 1 heterocycles. The SMILES string of the molecule is CCc1ccc(C(=O)CCC(=O)NC(c2nc3ccccc3[nH]2)C(C)C)cc1. The maximum Gasteiger partial charge on any atom is 0.221 e. The lowest BCUT2D eigenvalue weighted by Crippen LogP contribution is -2.32. The molecular formula is C23H27N3O2. The molecule has 1 aromatic heterocycles. The van der Waals surface area contributed by atoms with Crippen molar-refractivity contribution in [3.05, 3.63) is 65.5 Å². The van der Waals surface area contributed by atoms with Crippen LogP contribution in [0.15, 0.2) is 48.5 Å². The third kappa shape index (κ3) is 4.66. The molecule has 0 fully saturated rings. The van der Waals surface area contributed by atoms with Crippen molar-refractivity contribution in [2.75, 3.05) is 0 Å². The Kier molecular flexibility index (Phi) is 6.24. The van der Waals surface area contributed by atoms with Crippen molar-refractivity contribution >= 4 is 22.7 Å². The van der Waals surface area contributed by atoms with Gasteiger partial charge in [0.1, 0.15) is 5.82 Å². The first-order chi connectivity index (χ1) is 13.5. The molecule has 146 valence electrons. The number of fused-ring (bicyclic) bond motifs is 1. The lowest BCUT2D eigenvalue weighted by Gasteiger charge is -2.20. The smallest absolute Gasteiger partial charge is 0.221 e. The molecule has 0 aliphatic carbocycles. The quantitative estimate of drug-likeness (QED) is 0.563. The van der Waals surface area contributed by atoms with Gasteiger partial charge in [-0.25, -0.2) is 4.98 Å². The number of amides is 1. The molecule has 0 spiro atoms. The molecular weight excluding hydrogens is 350 g/mol. The van der Waals surface area contributed by atoms with E-state index >= 15 is 0 Å². The summed E-state index contributed by atoms with van der Waals surface area (Å²) in [6, 6.07) is 15.2. The Bertz CT molecular complexity index is 924. The number of nitrogens with zero attached hydrogens (tertiary/aromatic N) is 1. The van der Waals surface area contributed by atoms with Crippen LogP contribution in [0.2, 0.25) is 0 Å². The van der Waals surface area contributed by atoms with Gasteiger partial charge < -0.3 is 10.3 Å². The highest BCUT2D eigenvalue weighted by Crippen LogP contribution is 2.22. The summed E-state index contributed by atoms with van der Waals surface area (Å²) >= 11 is 0. The molecule has 0 bridgehead atoms. The van der Waals surface area contributed by atoms with Crippen molar-refractivity contribution in [3.8, 4) is 0 Å². The molecule has 0 aliphatic rings. The second-order valence-corrected chi connectivity index (χ2v) is 7.40. The molecule has 5 nitrogen and oxygen atoms in total. The van der Waals surface area contributed by atoms with E-state index in [1.165, 1.54) is 5.56 Å². The van der Waals surface area contributed by atoms with Crippen molar-refractivity contribution in [2.45, 2.75) is 46.1 Å². The monoisotopic (exact) mass is 377 g/mol. The fourth-order valence-corrected chi connectivity index (χ4v) is 3.21. The van der Waals surface area contributed by atoms with Gasteiger partial charge in [-0.1, -0.05) is 57.2 Å². The number of hydrogen-bond donors (Lipinski definition) is 2. The number of Topliss-reactive ketones (excluding diaryl/α,β-unsaturated/α-hetero) is 1. The van der Waals surface area contributed by atoms with Crippen molar-refractivity contribution in [1.29, 1.82) is 0 Å². The summed E-state index contributed by atoms with van der Waals surface area (Å²) in [5.74, 6) is 0.758.